The number of hydrogen-bond donors (Lipinski definition) is 0. The number of rotatable bonds is 13. The Bertz CT molecular complexity index is 205. The molecule has 0 saturated carbocycles. The molecule has 0 aromatic heterocycles. The summed E-state index contributed by atoms with van der Waals surface area (Å²) in [5, 5.41) is 0. The van der Waals surface area contributed by atoms with E-state index in [1.54, 1.807) is 0 Å². The first-order chi connectivity index (χ1) is 9.65. The summed E-state index contributed by atoms with van der Waals surface area (Å²) < 4.78 is 0. The van der Waals surface area contributed by atoms with Gasteiger partial charge in [0.1, 0.15) is 0 Å². The molecule has 3 heteroatoms. The molecule has 0 aliphatic carbocycles. The molecule has 1 unspecified atom stereocenters. The Balaban J connectivity index is 5.10. The molecule has 0 aliphatic rings. The third-order valence-electron chi connectivity index (χ3n) is 3.84. The van der Waals surface area contributed by atoms with Crippen LogP contribution in [0.4, 0.5) is 0 Å². The van der Waals surface area contributed by atoms with E-state index in [1.807, 2.05) is 0 Å². The monoisotopic (exact) mass is 298 g/mol. The molecule has 0 aromatic carbocycles. The van der Waals surface area contributed by atoms with Crippen LogP contribution in [0.3, 0.4) is 0 Å². The van der Waals surface area contributed by atoms with Crippen molar-refractivity contribution in [1.29, 1.82) is 0 Å². The Morgan fingerprint density at radius 3 is 1.45 bits per heavy atom. The summed E-state index contributed by atoms with van der Waals surface area (Å²) >= 11 is 0. The van der Waals surface area contributed by atoms with Crippen molar-refractivity contribution in [2.75, 3.05) is 26.2 Å². The fourth-order valence-corrected chi connectivity index (χ4v) is 6.04. The molecule has 0 spiro atoms. The first kappa shape index (κ1) is 19.9. The van der Waals surface area contributed by atoms with E-state index in [9.17, 15) is 0 Å². The molecule has 2 nitrogen and oxygen atoms in total. The number of allylic oxidation sites excluding steroid dienone is 1. The lowest BCUT2D eigenvalue weighted by Gasteiger charge is -2.43. The topological polar surface area (TPSA) is 6.48 Å². The van der Waals surface area contributed by atoms with Crippen LogP contribution < -0.4 is 0 Å². The highest BCUT2D eigenvalue weighted by atomic mass is 28.3. The fraction of sp³-hybridized carbons (Fsp3) is 0.882. The standard InChI is InChI=1S/C17H38N2Si/c1-7-12-18(13-8-2)17(20(6)16-11-5)19(14-9-3)15-10-4/h11,17,20H,5,7-10,12-16H2,1-4,6H3. The van der Waals surface area contributed by atoms with Crippen molar-refractivity contribution in [2.45, 2.75) is 71.8 Å². The van der Waals surface area contributed by atoms with Gasteiger partial charge in [0.25, 0.3) is 0 Å². The van der Waals surface area contributed by atoms with E-state index in [1.165, 1.54) is 57.9 Å². The molecule has 0 amide bonds. The van der Waals surface area contributed by atoms with E-state index >= 15 is 0 Å². The lowest BCUT2D eigenvalue weighted by Crippen LogP contribution is -2.56. The quantitative estimate of drug-likeness (QED) is 0.286. The maximum absolute atomic E-state index is 3.98. The van der Waals surface area contributed by atoms with E-state index < -0.39 is 8.80 Å². The van der Waals surface area contributed by atoms with Gasteiger partial charge in [-0.2, -0.15) is 0 Å². The normalized spacial score (nSPS) is 13.4. The lowest BCUT2D eigenvalue weighted by atomic mass is 10.3. The van der Waals surface area contributed by atoms with Gasteiger partial charge in [0, 0.05) is 5.79 Å². The molecule has 120 valence electrons. The van der Waals surface area contributed by atoms with Crippen LogP contribution in [-0.4, -0.2) is 50.6 Å². The predicted molar refractivity (Wildman–Crippen MR) is 96.1 cm³/mol. The van der Waals surface area contributed by atoms with Crippen molar-refractivity contribution in [3.63, 3.8) is 0 Å². The van der Waals surface area contributed by atoms with Crippen molar-refractivity contribution in [3.05, 3.63) is 12.7 Å². The highest BCUT2D eigenvalue weighted by molar-refractivity contribution is 6.59. The van der Waals surface area contributed by atoms with E-state index in [-0.39, 0.29) is 0 Å². The summed E-state index contributed by atoms with van der Waals surface area (Å²) in [6.07, 6.45) is 7.20. The highest BCUT2D eigenvalue weighted by Gasteiger charge is 2.28. The molecule has 0 N–H and O–H groups in total. The number of nitrogens with zero attached hydrogens (tertiary/aromatic N) is 2. The maximum atomic E-state index is 3.98. The SMILES string of the molecule is C=CC[SiH](C)C(N(CCC)CCC)N(CCC)CCC. The minimum absolute atomic E-state index is 0.716. The molecule has 0 fully saturated rings. The van der Waals surface area contributed by atoms with Gasteiger partial charge in [-0.3, -0.25) is 9.80 Å². The first-order valence-electron chi connectivity index (χ1n) is 8.75. The zero-order valence-electron chi connectivity index (χ0n) is 14.7. The largest absolute Gasteiger partial charge is 0.291 e. The van der Waals surface area contributed by atoms with Gasteiger partial charge >= 0.3 is 0 Å². The van der Waals surface area contributed by atoms with E-state index in [0.717, 1.165) is 0 Å². The zero-order valence-corrected chi connectivity index (χ0v) is 15.9. The van der Waals surface area contributed by atoms with Crippen LogP contribution in [0.2, 0.25) is 12.6 Å². The Morgan fingerprint density at radius 1 is 0.850 bits per heavy atom. The second-order valence-electron chi connectivity index (χ2n) is 5.99. The minimum atomic E-state index is -0.825. The molecular formula is C17H38N2Si. The van der Waals surface area contributed by atoms with Gasteiger partial charge in [-0.15, -0.1) is 6.58 Å². The summed E-state index contributed by atoms with van der Waals surface area (Å²) in [4.78, 5) is 5.54. The van der Waals surface area contributed by atoms with Crippen LogP contribution in [0.15, 0.2) is 12.7 Å². The van der Waals surface area contributed by atoms with Gasteiger partial charge in [0.15, 0.2) is 0 Å². The Kier molecular flexibility index (Phi) is 12.5. The highest BCUT2D eigenvalue weighted by Crippen LogP contribution is 2.16. The third-order valence-corrected chi connectivity index (χ3v) is 6.78. The van der Waals surface area contributed by atoms with Gasteiger partial charge in [-0.05, 0) is 57.9 Å². The molecule has 0 radical (unpaired) electrons. The first-order valence-corrected chi connectivity index (χ1v) is 11.4. The minimum Gasteiger partial charge on any atom is -0.291 e. The second kappa shape index (κ2) is 12.6. The van der Waals surface area contributed by atoms with Gasteiger partial charge < -0.3 is 0 Å². The Morgan fingerprint density at radius 2 is 1.20 bits per heavy atom. The van der Waals surface area contributed by atoms with Crippen molar-refractivity contribution >= 4 is 8.80 Å². The van der Waals surface area contributed by atoms with Crippen molar-refractivity contribution in [2.24, 2.45) is 0 Å². The Labute approximate surface area is 129 Å². The van der Waals surface area contributed by atoms with Crippen LogP contribution in [0.25, 0.3) is 0 Å². The van der Waals surface area contributed by atoms with E-state index in [2.05, 4.69) is 56.7 Å². The average Bonchev–Trinajstić information content (AvgIpc) is 2.40. The second-order valence-corrected chi connectivity index (χ2v) is 9.01. The van der Waals surface area contributed by atoms with Crippen LogP contribution in [0.1, 0.15) is 53.4 Å². The van der Waals surface area contributed by atoms with Gasteiger partial charge in [0.05, 0.1) is 8.80 Å². The number of hydrogen-bond acceptors (Lipinski definition) is 2. The molecular weight excluding hydrogens is 260 g/mol. The van der Waals surface area contributed by atoms with Gasteiger partial charge in [-0.1, -0.05) is 40.3 Å². The molecule has 0 bridgehead atoms. The van der Waals surface area contributed by atoms with Crippen LogP contribution in [-0.2, 0) is 0 Å². The van der Waals surface area contributed by atoms with Crippen LogP contribution in [0, 0.1) is 0 Å². The Hall–Kier alpha value is -0.123. The molecule has 1 atom stereocenters. The predicted octanol–water partition coefficient (Wildman–Crippen LogP) is 4.14. The van der Waals surface area contributed by atoms with Gasteiger partial charge in [0.2, 0.25) is 0 Å². The molecule has 0 heterocycles. The molecule has 20 heavy (non-hydrogen) atoms. The van der Waals surface area contributed by atoms with Crippen LogP contribution in [0.5, 0.6) is 0 Å². The summed E-state index contributed by atoms with van der Waals surface area (Å²) in [6, 6.07) is 1.25. The smallest absolute Gasteiger partial charge is 0.0759 e. The molecule has 0 rings (SSSR count). The summed E-state index contributed by atoms with van der Waals surface area (Å²) in [5.74, 6) is 0.716. The van der Waals surface area contributed by atoms with Crippen LogP contribution >= 0.6 is 0 Å². The molecule has 0 aromatic rings. The summed E-state index contributed by atoms with van der Waals surface area (Å²) in [7, 11) is -0.825. The summed E-state index contributed by atoms with van der Waals surface area (Å²) in [5.41, 5.74) is 0. The van der Waals surface area contributed by atoms with Crippen molar-refractivity contribution < 1.29 is 0 Å². The van der Waals surface area contributed by atoms with Gasteiger partial charge in [-0.25, -0.2) is 0 Å². The molecule has 0 saturated heterocycles. The summed E-state index contributed by atoms with van der Waals surface area (Å²) in [6.45, 7) is 20.7. The van der Waals surface area contributed by atoms with E-state index in [0.29, 0.717) is 5.79 Å². The average molecular weight is 299 g/mol. The lowest BCUT2D eigenvalue weighted by molar-refractivity contribution is 0.0926. The van der Waals surface area contributed by atoms with E-state index in [4.69, 9.17) is 0 Å². The third kappa shape index (κ3) is 7.05. The van der Waals surface area contributed by atoms with Crippen molar-refractivity contribution in [3.8, 4) is 0 Å². The zero-order chi connectivity index (χ0) is 15.4. The molecule has 0 aliphatic heterocycles. The van der Waals surface area contributed by atoms with Crippen molar-refractivity contribution in [1.82, 2.24) is 9.80 Å². The maximum Gasteiger partial charge on any atom is 0.0759 e. The fourth-order valence-electron chi connectivity index (χ4n) is 3.24.